The summed E-state index contributed by atoms with van der Waals surface area (Å²) in [5, 5.41) is 2.68. The smallest absolute Gasteiger partial charge is 0.273 e. The molecule has 0 radical (unpaired) electrons. The highest BCUT2D eigenvalue weighted by atomic mass is 32.1. The van der Waals surface area contributed by atoms with Gasteiger partial charge >= 0.3 is 0 Å². The predicted molar refractivity (Wildman–Crippen MR) is 79.8 cm³/mol. The summed E-state index contributed by atoms with van der Waals surface area (Å²) in [5.41, 5.74) is 6.38. The maximum Gasteiger partial charge on any atom is 0.273 e. The molecule has 2 fully saturated rings. The third-order valence-corrected chi connectivity index (χ3v) is 5.27. The van der Waals surface area contributed by atoms with Crippen LogP contribution in [0.25, 0.3) is 0 Å². The number of rotatable bonds is 2. The van der Waals surface area contributed by atoms with Crippen LogP contribution in [0.15, 0.2) is 5.38 Å². The molecule has 2 unspecified atom stereocenters. The molecule has 0 bridgehead atoms. The van der Waals surface area contributed by atoms with Crippen LogP contribution in [0.2, 0.25) is 0 Å². The minimum absolute atomic E-state index is 0.0712. The van der Waals surface area contributed by atoms with Gasteiger partial charge in [-0.1, -0.05) is 0 Å². The van der Waals surface area contributed by atoms with Crippen LogP contribution in [0.3, 0.4) is 0 Å². The molecule has 0 aliphatic carbocycles. The van der Waals surface area contributed by atoms with Gasteiger partial charge in [-0.05, 0) is 32.7 Å². The van der Waals surface area contributed by atoms with Crippen molar-refractivity contribution in [3.63, 3.8) is 0 Å². The first-order chi connectivity index (χ1) is 9.65. The van der Waals surface area contributed by atoms with Crippen molar-refractivity contribution in [1.82, 2.24) is 14.8 Å². The molecular formula is C14H22N4OS. The Balaban J connectivity index is 1.72. The summed E-state index contributed by atoms with van der Waals surface area (Å²) in [4.78, 5) is 21.5. The molecule has 1 amide bonds. The molecule has 5 nitrogen and oxygen atoms in total. The summed E-state index contributed by atoms with van der Waals surface area (Å²) in [5.74, 6) is 0.0712. The van der Waals surface area contributed by atoms with Crippen molar-refractivity contribution in [3.05, 3.63) is 16.1 Å². The van der Waals surface area contributed by atoms with Crippen molar-refractivity contribution in [2.75, 3.05) is 26.2 Å². The Morgan fingerprint density at radius 3 is 3.00 bits per heavy atom. The quantitative estimate of drug-likeness (QED) is 0.897. The zero-order valence-electron chi connectivity index (χ0n) is 11.9. The second-order valence-electron chi connectivity index (χ2n) is 5.80. The standard InChI is InChI=1S/C14H22N4OS/c1-10(15)13-16-12(9-20-13)14(19)18-7-3-6-17-5-2-4-11(17)8-18/h9-11H,2-8,15H2,1H3. The minimum atomic E-state index is -0.101. The summed E-state index contributed by atoms with van der Waals surface area (Å²) in [7, 11) is 0. The Morgan fingerprint density at radius 2 is 2.25 bits per heavy atom. The summed E-state index contributed by atoms with van der Waals surface area (Å²) < 4.78 is 0. The van der Waals surface area contributed by atoms with Gasteiger partial charge in [0.2, 0.25) is 0 Å². The van der Waals surface area contributed by atoms with Crippen molar-refractivity contribution in [3.8, 4) is 0 Å². The van der Waals surface area contributed by atoms with Crippen LogP contribution in [0, 0.1) is 0 Å². The van der Waals surface area contributed by atoms with Crippen molar-refractivity contribution >= 4 is 17.2 Å². The third-order valence-electron chi connectivity index (χ3n) is 4.22. The lowest BCUT2D eigenvalue weighted by Crippen LogP contribution is -2.39. The molecule has 2 saturated heterocycles. The fourth-order valence-electron chi connectivity index (χ4n) is 3.15. The zero-order valence-corrected chi connectivity index (χ0v) is 12.7. The number of aromatic nitrogens is 1. The highest BCUT2D eigenvalue weighted by molar-refractivity contribution is 7.09. The molecule has 3 heterocycles. The molecule has 6 heteroatoms. The first kappa shape index (κ1) is 14.0. The number of carbonyl (C=O) groups is 1. The fourth-order valence-corrected chi connectivity index (χ4v) is 3.90. The van der Waals surface area contributed by atoms with Crippen LogP contribution < -0.4 is 5.73 Å². The molecule has 110 valence electrons. The second-order valence-corrected chi connectivity index (χ2v) is 6.69. The lowest BCUT2D eigenvalue weighted by molar-refractivity contribution is 0.0738. The van der Waals surface area contributed by atoms with Gasteiger partial charge in [-0.15, -0.1) is 11.3 Å². The van der Waals surface area contributed by atoms with Gasteiger partial charge in [0.1, 0.15) is 10.7 Å². The van der Waals surface area contributed by atoms with E-state index in [0.717, 1.165) is 31.1 Å². The monoisotopic (exact) mass is 294 g/mol. The van der Waals surface area contributed by atoms with Gasteiger partial charge in [0.05, 0.1) is 6.04 Å². The van der Waals surface area contributed by atoms with E-state index in [1.807, 2.05) is 17.2 Å². The van der Waals surface area contributed by atoms with E-state index < -0.39 is 0 Å². The van der Waals surface area contributed by atoms with Gasteiger partial charge in [-0.2, -0.15) is 0 Å². The summed E-state index contributed by atoms with van der Waals surface area (Å²) in [6.45, 7) is 5.91. The summed E-state index contributed by atoms with van der Waals surface area (Å²) >= 11 is 1.48. The normalized spacial score (nSPS) is 25.3. The van der Waals surface area contributed by atoms with Gasteiger partial charge in [0.15, 0.2) is 0 Å². The maximum absolute atomic E-state index is 12.6. The second kappa shape index (κ2) is 5.79. The zero-order chi connectivity index (χ0) is 14.1. The Hall–Kier alpha value is -0.980. The van der Waals surface area contributed by atoms with E-state index in [2.05, 4.69) is 9.88 Å². The molecule has 2 atom stereocenters. The SMILES string of the molecule is CC(N)c1nc(C(=O)N2CCCN3CCCC3C2)cs1. The summed E-state index contributed by atoms with van der Waals surface area (Å²) in [6.07, 6.45) is 3.54. The van der Waals surface area contributed by atoms with Gasteiger partial charge in [0, 0.05) is 31.1 Å². The number of hydrogen-bond donors (Lipinski definition) is 1. The third kappa shape index (κ3) is 2.73. The van der Waals surface area contributed by atoms with Crippen LogP contribution in [0.1, 0.15) is 47.7 Å². The molecule has 20 heavy (non-hydrogen) atoms. The molecule has 3 rings (SSSR count). The van der Waals surface area contributed by atoms with Crippen molar-refractivity contribution < 1.29 is 4.79 Å². The Labute approximate surface area is 123 Å². The number of carbonyl (C=O) groups excluding carboxylic acids is 1. The van der Waals surface area contributed by atoms with Crippen molar-refractivity contribution in [2.24, 2.45) is 5.73 Å². The highest BCUT2D eigenvalue weighted by Gasteiger charge is 2.31. The Kier molecular flexibility index (Phi) is 4.05. The fraction of sp³-hybridized carbons (Fsp3) is 0.714. The molecule has 0 aromatic carbocycles. The topological polar surface area (TPSA) is 62.5 Å². The molecule has 1 aromatic rings. The lowest BCUT2D eigenvalue weighted by Gasteiger charge is -2.25. The molecule has 2 aliphatic heterocycles. The lowest BCUT2D eigenvalue weighted by atomic mass is 10.2. The Morgan fingerprint density at radius 1 is 1.45 bits per heavy atom. The molecular weight excluding hydrogens is 272 g/mol. The van der Waals surface area contributed by atoms with Crippen LogP contribution in [0.4, 0.5) is 0 Å². The number of hydrogen-bond acceptors (Lipinski definition) is 5. The largest absolute Gasteiger partial charge is 0.336 e. The first-order valence-electron chi connectivity index (χ1n) is 7.39. The Bertz CT molecular complexity index is 487. The summed E-state index contributed by atoms with van der Waals surface area (Å²) in [6, 6.07) is 0.448. The highest BCUT2D eigenvalue weighted by Crippen LogP contribution is 2.23. The van der Waals surface area contributed by atoms with E-state index in [1.165, 1.54) is 30.7 Å². The van der Waals surface area contributed by atoms with E-state index in [1.54, 1.807) is 0 Å². The van der Waals surface area contributed by atoms with E-state index in [9.17, 15) is 4.79 Å². The first-order valence-corrected chi connectivity index (χ1v) is 8.27. The minimum Gasteiger partial charge on any atom is -0.336 e. The number of nitrogens with zero attached hydrogens (tertiary/aromatic N) is 3. The van der Waals surface area contributed by atoms with E-state index in [-0.39, 0.29) is 11.9 Å². The molecule has 1 aromatic heterocycles. The van der Waals surface area contributed by atoms with E-state index in [0.29, 0.717) is 11.7 Å². The van der Waals surface area contributed by atoms with Crippen LogP contribution in [0.5, 0.6) is 0 Å². The van der Waals surface area contributed by atoms with Crippen LogP contribution in [-0.4, -0.2) is 52.9 Å². The van der Waals surface area contributed by atoms with E-state index in [4.69, 9.17) is 5.73 Å². The number of fused-ring (bicyclic) bond motifs is 1. The van der Waals surface area contributed by atoms with Gasteiger partial charge in [0.25, 0.3) is 5.91 Å². The maximum atomic E-state index is 12.6. The molecule has 2 N–H and O–H groups in total. The van der Waals surface area contributed by atoms with Crippen LogP contribution in [-0.2, 0) is 0 Å². The molecule has 2 aliphatic rings. The van der Waals surface area contributed by atoms with Crippen molar-refractivity contribution in [1.29, 1.82) is 0 Å². The van der Waals surface area contributed by atoms with Crippen molar-refractivity contribution in [2.45, 2.75) is 38.3 Å². The average molecular weight is 294 g/mol. The van der Waals surface area contributed by atoms with Gasteiger partial charge in [-0.3, -0.25) is 9.69 Å². The van der Waals surface area contributed by atoms with Crippen LogP contribution >= 0.6 is 11.3 Å². The van der Waals surface area contributed by atoms with Gasteiger partial charge in [-0.25, -0.2) is 4.98 Å². The predicted octanol–water partition coefficient (Wildman–Crippen LogP) is 1.47. The molecule has 0 saturated carbocycles. The number of thiazole rings is 1. The molecule has 0 spiro atoms. The van der Waals surface area contributed by atoms with E-state index >= 15 is 0 Å². The van der Waals surface area contributed by atoms with Gasteiger partial charge < -0.3 is 10.6 Å². The average Bonchev–Trinajstić information content (AvgIpc) is 3.03. The number of amides is 1. The number of nitrogens with two attached hydrogens (primary N) is 1.